The van der Waals surface area contributed by atoms with E-state index in [1.165, 1.54) is 17.3 Å². The van der Waals surface area contributed by atoms with Gasteiger partial charge in [0.2, 0.25) is 0 Å². The fourth-order valence-electron chi connectivity index (χ4n) is 2.21. The first-order chi connectivity index (χ1) is 10.1. The topological polar surface area (TPSA) is 42.9 Å². The maximum absolute atomic E-state index is 12.4. The van der Waals surface area contributed by atoms with Crippen LogP contribution >= 0.6 is 23.1 Å². The van der Waals surface area contributed by atoms with Crippen molar-refractivity contribution in [2.24, 2.45) is 0 Å². The lowest BCUT2D eigenvalue weighted by Gasteiger charge is -2.06. The van der Waals surface area contributed by atoms with Crippen molar-refractivity contribution in [2.75, 3.05) is 5.75 Å². The molecule has 3 aromatic rings. The number of carbonyl (C=O) groups is 1. The number of benzene rings is 1. The molecule has 0 saturated carbocycles. The molecule has 2 heterocycles. The Balaban J connectivity index is 1.78. The molecule has 0 spiro atoms. The number of fused-ring (bicyclic) bond motifs is 1. The van der Waals surface area contributed by atoms with E-state index in [0.29, 0.717) is 5.75 Å². The molecule has 0 unspecified atom stereocenters. The molecule has 0 aliphatic rings. The van der Waals surface area contributed by atoms with E-state index in [9.17, 15) is 4.79 Å². The minimum absolute atomic E-state index is 0.140. The van der Waals surface area contributed by atoms with Gasteiger partial charge in [0.15, 0.2) is 5.78 Å². The largest absolute Gasteiger partial charge is 0.293 e. The molecule has 0 fully saturated rings. The van der Waals surface area contributed by atoms with E-state index in [2.05, 4.69) is 9.97 Å². The summed E-state index contributed by atoms with van der Waals surface area (Å²) in [6, 6.07) is 7.90. The zero-order valence-corrected chi connectivity index (χ0v) is 13.4. The second-order valence-corrected chi connectivity index (χ2v) is 6.72. The third kappa shape index (κ3) is 2.99. The number of rotatable bonds is 4. The average molecular weight is 314 g/mol. The van der Waals surface area contributed by atoms with E-state index < -0.39 is 0 Å². The van der Waals surface area contributed by atoms with E-state index in [0.717, 1.165) is 26.4 Å². The molecule has 0 N–H and O–H groups in total. The van der Waals surface area contributed by atoms with Gasteiger partial charge in [0.25, 0.3) is 0 Å². The summed E-state index contributed by atoms with van der Waals surface area (Å²) in [7, 11) is 0. The first-order valence-electron chi connectivity index (χ1n) is 6.56. The van der Waals surface area contributed by atoms with Crippen LogP contribution in [0, 0.1) is 13.8 Å². The molecule has 3 nitrogen and oxygen atoms in total. The Labute approximate surface area is 131 Å². The highest BCUT2D eigenvalue weighted by molar-refractivity contribution is 8.00. The SMILES string of the molecule is Cc1ccc(C(=O)CSc2ncnc3ccsc23)c(C)c1. The van der Waals surface area contributed by atoms with Crippen LogP contribution in [0.15, 0.2) is 41.0 Å². The van der Waals surface area contributed by atoms with Crippen molar-refractivity contribution in [3.8, 4) is 0 Å². The number of carbonyl (C=O) groups excluding carboxylic acids is 1. The van der Waals surface area contributed by atoms with Gasteiger partial charge in [-0.2, -0.15) is 0 Å². The molecule has 0 radical (unpaired) electrons. The van der Waals surface area contributed by atoms with E-state index in [1.807, 2.05) is 43.5 Å². The maximum atomic E-state index is 12.4. The summed E-state index contributed by atoms with van der Waals surface area (Å²) in [4.78, 5) is 20.9. The molecule has 3 rings (SSSR count). The Morgan fingerprint density at radius 2 is 2.10 bits per heavy atom. The van der Waals surface area contributed by atoms with Gasteiger partial charge in [-0.15, -0.1) is 11.3 Å². The van der Waals surface area contributed by atoms with Crippen LogP contribution in [0.1, 0.15) is 21.5 Å². The first-order valence-corrected chi connectivity index (χ1v) is 8.43. The van der Waals surface area contributed by atoms with Gasteiger partial charge in [-0.05, 0) is 30.9 Å². The van der Waals surface area contributed by atoms with Gasteiger partial charge in [0.05, 0.1) is 16.0 Å². The van der Waals surface area contributed by atoms with Crippen LogP contribution in [-0.4, -0.2) is 21.5 Å². The molecule has 0 bridgehead atoms. The number of thiophene rings is 1. The monoisotopic (exact) mass is 314 g/mol. The highest BCUT2D eigenvalue weighted by Crippen LogP contribution is 2.29. The number of ketones is 1. The Hall–Kier alpha value is -1.72. The average Bonchev–Trinajstić information content (AvgIpc) is 2.93. The minimum Gasteiger partial charge on any atom is -0.293 e. The molecule has 106 valence electrons. The van der Waals surface area contributed by atoms with Crippen molar-refractivity contribution in [2.45, 2.75) is 18.9 Å². The van der Waals surface area contributed by atoms with Crippen LogP contribution in [0.2, 0.25) is 0 Å². The smallest absolute Gasteiger partial charge is 0.173 e. The number of aromatic nitrogens is 2. The predicted molar refractivity (Wildman–Crippen MR) is 88.4 cm³/mol. The fraction of sp³-hybridized carbons (Fsp3) is 0.188. The standard InChI is InChI=1S/C16H14N2OS2/c1-10-3-4-12(11(2)7-10)14(19)8-21-16-15-13(5-6-20-15)17-9-18-16/h3-7,9H,8H2,1-2H3. The van der Waals surface area contributed by atoms with Crippen LogP contribution < -0.4 is 0 Å². The fourth-order valence-corrected chi connectivity index (χ4v) is 4.04. The summed E-state index contributed by atoms with van der Waals surface area (Å²) < 4.78 is 1.05. The van der Waals surface area contributed by atoms with Crippen molar-refractivity contribution in [1.82, 2.24) is 9.97 Å². The van der Waals surface area contributed by atoms with E-state index in [-0.39, 0.29) is 5.78 Å². The molecule has 5 heteroatoms. The van der Waals surface area contributed by atoms with Crippen LogP contribution in [-0.2, 0) is 0 Å². The van der Waals surface area contributed by atoms with E-state index in [4.69, 9.17) is 0 Å². The van der Waals surface area contributed by atoms with Crippen molar-refractivity contribution in [3.63, 3.8) is 0 Å². The van der Waals surface area contributed by atoms with Gasteiger partial charge in [-0.25, -0.2) is 9.97 Å². The molecule has 21 heavy (non-hydrogen) atoms. The molecular weight excluding hydrogens is 300 g/mol. The predicted octanol–water partition coefficient (Wildman–Crippen LogP) is 4.28. The lowest BCUT2D eigenvalue weighted by molar-refractivity contribution is 0.102. The van der Waals surface area contributed by atoms with E-state index >= 15 is 0 Å². The van der Waals surface area contributed by atoms with Crippen LogP contribution in [0.25, 0.3) is 10.2 Å². The third-order valence-corrected chi connectivity index (χ3v) is 5.26. The van der Waals surface area contributed by atoms with Crippen LogP contribution in [0.3, 0.4) is 0 Å². The summed E-state index contributed by atoms with van der Waals surface area (Å²) in [6.45, 7) is 4.01. The van der Waals surface area contributed by atoms with Crippen molar-refractivity contribution in [3.05, 3.63) is 52.7 Å². The van der Waals surface area contributed by atoms with Crippen molar-refractivity contribution in [1.29, 1.82) is 0 Å². The number of hydrogen-bond donors (Lipinski definition) is 0. The second-order valence-electron chi connectivity index (χ2n) is 4.84. The normalized spacial score (nSPS) is 11.0. The summed E-state index contributed by atoms with van der Waals surface area (Å²) in [6.07, 6.45) is 1.55. The summed E-state index contributed by atoms with van der Waals surface area (Å²) in [5.74, 6) is 0.536. The molecule has 0 amide bonds. The Kier molecular flexibility index (Phi) is 4.03. The molecule has 0 aliphatic carbocycles. The Morgan fingerprint density at radius 3 is 2.90 bits per heavy atom. The number of thioether (sulfide) groups is 1. The quantitative estimate of drug-likeness (QED) is 0.409. The summed E-state index contributed by atoms with van der Waals surface area (Å²) >= 11 is 3.09. The van der Waals surface area contributed by atoms with Crippen LogP contribution in [0.4, 0.5) is 0 Å². The second kappa shape index (κ2) is 5.95. The first kappa shape index (κ1) is 14.2. The van der Waals surface area contributed by atoms with Crippen LogP contribution in [0.5, 0.6) is 0 Å². The van der Waals surface area contributed by atoms with E-state index in [1.54, 1.807) is 17.7 Å². The molecule has 0 atom stereocenters. The van der Waals surface area contributed by atoms with Gasteiger partial charge in [-0.1, -0.05) is 35.5 Å². The number of hydrogen-bond acceptors (Lipinski definition) is 5. The van der Waals surface area contributed by atoms with Gasteiger partial charge >= 0.3 is 0 Å². The van der Waals surface area contributed by atoms with Crippen molar-refractivity contribution < 1.29 is 4.79 Å². The maximum Gasteiger partial charge on any atom is 0.173 e. The zero-order valence-electron chi connectivity index (χ0n) is 11.8. The number of aryl methyl sites for hydroxylation is 2. The van der Waals surface area contributed by atoms with Gasteiger partial charge in [0, 0.05) is 5.56 Å². The number of Topliss-reactive ketones (excluding diaryl/α,β-unsaturated/α-hetero) is 1. The molecule has 1 aromatic carbocycles. The molecule has 2 aromatic heterocycles. The Bertz CT molecular complexity index is 811. The highest BCUT2D eigenvalue weighted by atomic mass is 32.2. The van der Waals surface area contributed by atoms with Gasteiger partial charge < -0.3 is 0 Å². The summed E-state index contributed by atoms with van der Waals surface area (Å²) in [5, 5.41) is 2.88. The number of nitrogens with zero attached hydrogens (tertiary/aromatic N) is 2. The lowest BCUT2D eigenvalue weighted by Crippen LogP contribution is -2.05. The Morgan fingerprint density at radius 1 is 1.24 bits per heavy atom. The zero-order chi connectivity index (χ0) is 14.8. The highest BCUT2D eigenvalue weighted by Gasteiger charge is 2.12. The molecule has 0 saturated heterocycles. The lowest BCUT2D eigenvalue weighted by atomic mass is 10.0. The minimum atomic E-state index is 0.140. The van der Waals surface area contributed by atoms with Crippen molar-refractivity contribution >= 4 is 39.1 Å². The molecule has 0 aliphatic heterocycles. The third-order valence-electron chi connectivity index (χ3n) is 3.23. The van der Waals surface area contributed by atoms with Gasteiger partial charge in [-0.3, -0.25) is 4.79 Å². The van der Waals surface area contributed by atoms with Gasteiger partial charge in [0.1, 0.15) is 11.4 Å². The molecular formula is C16H14N2OS2. The summed E-state index contributed by atoms with van der Waals surface area (Å²) in [5.41, 5.74) is 3.94.